The quantitative estimate of drug-likeness (QED) is 0.780. The van der Waals surface area contributed by atoms with Crippen molar-refractivity contribution < 1.29 is 9.13 Å². The van der Waals surface area contributed by atoms with Gasteiger partial charge in [0, 0.05) is 18.8 Å². The first-order valence-electron chi connectivity index (χ1n) is 4.97. The van der Waals surface area contributed by atoms with Crippen molar-refractivity contribution in [3.63, 3.8) is 0 Å². The van der Waals surface area contributed by atoms with E-state index in [9.17, 15) is 4.39 Å². The number of nitrogens with zero attached hydrogens (tertiary/aromatic N) is 1. The van der Waals surface area contributed by atoms with E-state index in [0.717, 1.165) is 37.6 Å². The van der Waals surface area contributed by atoms with Crippen molar-refractivity contribution >= 4 is 21.6 Å². The number of anilines is 1. The number of morpholine rings is 1. The molecule has 82 valence electrons. The minimum atomic E-state index is -0.206. The molecule has 4 heteroatoms. The van der Waals surface area contributed by atoms with Gasteiger partial charge in [0.05, 0.1) is 17.7 Å². The second kappa shape index (κ2) is 4.49. The molecule has 2 rings (SSSR count). The van der Waals surface area contributed by atoms with Crippen LogP contribution in [-0.2, 0) is 4.74 Å². The summed E-state index contributed by atoms with van der Waals surface area (Å²) in [5, 5.41) is 0. The third kappa shape index (κ3) is 2.32. The third-order valence-corrected chi connectivity index (χ3v) is 3.20. The molecule has 0 spiro atoms. The van der Waals surface area contributed by atoms with Crippen LogP contribution in [0.5, 0.6) is 0 Å². The number of hydrogen-bond acceptors (Lipinski definition) is 2. The van der Waals surface area contributed by atoms with Crippen LogP contribution in [0.4, 0.5) is 10.1 Å². The molecule has 0 radical (unpaired) electrons. The number of benzene rings is 1. The largest absolute Gasteiger partial charge is 0.378 e. The van der Waals surface area contributed by atoms with E-state index in [4.69, 9.17) is 4.74 Å². The summed E-state index contributed by atoms with van der Waals surface area (Å²) in [6.07, 6.45) is 0. The molecule has 1 aromatic carbocycles. The normalized spacial score (nSPS) is 16.9. The summed E-state index contributed by atoms with van der Waals surface area (Å²) in [7, 11) is 0. The van der Waals surface area contributed by atoms with Gasteiger partial charge in [-0.2, -0.15) is 0 Å². The van der Waals surface area contributed by atoms with Crippen LogP contribution in [0.25, 0.3) is 0 Å². The topological polar surface area (TPSA) is 12.5 Å². The molecule has 1 fully saturated rings. The molecule has 0 atom stereocenters. The van der Waals surface area contributed by atoms with Gasteiger partial charge in [0.25, 0.3) is 0 Å². The molecule has 0 amide bonds. The zero-order valence-electron chi connectivity index (χ0n) is 8.59. The van der Waals surface area contributed by atoms with Crippen LogP contribution in [0.15, 0.2) is 16.6 Å². The highest BCUT2D eigenvalue weighted by Crippen LogP contribution is 2.27. The monoisotopic (exact) mass is 273 g/mol. The van der Waals surface area contributed by atoms with Crippen LogP contribution in [0.2, 0.25) is 0 Å². The van der Waals surface area contributed by atoms with E-state index in [1.165, 1.54) is 0 Å². The van der Waals surface area contributed by atoms with E-state index in [0.29, 0.717) is 4.47 Å². The summed E-state index contributed by atoms with van der Waals surface area (Å²) in [4.78, 5) is 2.16. The Labute approximate surface area is 97.2 Å². The SMILES string of the molecule is Cc1cc(Br)c(F)cc1N1CCOCC1. The molecule has 1 heterocycles. The summed E-state index contributed by atoms with van der Waals surface area (Å²) in [5.41, 5.74) is 2.06. The highest BCUT2D eigenvalue weighted by atomic mass is 79.9. The van der Waals surface area contributed by atoms with E-state index in [1.54, 1.807) is 6.07 Å². The maximum atomic E-state index is 13.4. The van der Waals surface area contributed by atoms with E-state index >= 15 is 0 Å². The summed E-state index contributed by atoms with van der Waals surface area (Å²) in [5.74, 6) is -0.206. The van der Waals surface area contributed by atoms with Crippen LogP contribution in [-0.4, -0.2) is 26.3 Å². The Morgan fingerprint density at radius 2 is 2.00 bits per heavy atom. The summed E-state index contributed by atoms with van der Waals surface area (Å²) < 4.78 is 19.2. The molecular weight excluding hydrogens is 261 g/mol. The minimum absolute atomic E-state index is 0.206. The van der Waals surface area contributed by atoms with Crippen LogP contribution >= 0.6 is 15.9 Å². The summed E-state index contributed by atoms with van der Waals surface area (Å²) in [6.45, 7) is 5.10. The molecule has 0 aromatic heterocycles. The Hall–Kier alpha value is -0.610. The Morgan fingerprint density at radius 1 is 1.33 bits per heavy atom. The van der Waals surface area contributed by atoms with Crippen molar-refractivity contribution in [2.24, 2.45) is 0 Å². The molecule has 15 heavy (non-hydrogen) atoms. The Morgan fingerprint density at radius 3 is 2.67 bits per heavy atom. The molecule has 1 saturated heterocycles. The van der Waals surface area contributed by atoms with E-state index in [-0.39, 0.29) is 5.82 Å². The molecular formula is C11H13BrFNO. The summed E-state index contributed by atoms with van der Waals surface area (Å²) >= 11 is 3.19. The predicted octanol–water partition coefficient (Wildman–Crippen LogP) is 2.73. The Kier molecular flexibility index (Phi) is 3.26. The first kappa shape index (κ1) is 10.9. The lowest BCUT2D eigenvalue weighted by molar-refractivity contribution is 0.122. The van der Waals surface area contributed by atoms with Gasteiger partial charge in [0.2, 0.25) is 0 Å². The maximum Gasteiger partial charge on any atom is 0.139 e. The van der Waals surface area contributed by atoms with Gasteiger partial charge < -0.3 is 9.64 Å². The fraction of sp³-hybridized carbons (Fsp3) is 0.455. The van der Waals surface area contributed by atoms with E-state index in [1.807, 2.05) is 13.0 Å². The van der Waals surface area contributed by atoms with Gasteiger partial charge in [0.15, 0.2) is 0 Å². The molecule has 1 aliphatic heterocycles. The van der Waals surface area contributed by atoms with Gasteiger partial charge in [-0.1, -0.05) is 0 Å². The number of hydrogen-bond donors (Lipinski definition) is 0. The second-order valence-corrected chi connectivity index (χ2v) is 4.51. The van der Waals surface area contributed by atoms with Crippen LogP contribution in [0.1, 0.15) is 5.56 Å². The third-order valence-electron chi connectivity index (χ3n) is 2.59. The average Bonchev–Trinajstić information content (AvgIpc) is 2.25. The molecule has 2 nitrogen and oxygen atoms in total. The summed E-state index contributed by atoms with van der Waals surface area (Å²) in [6, 6.07) is 3.41. The fourth-order valence-electron chi connectivity index (χ4n) is 1.78. The first-order valence-corrected chi connectivity index (χ1v) is 5.76. The van der Waals surface area contributed by atoms with Crippen molar-refractivity contribution in [2.45, 2.75) is 6.92 Å². The highest BCUT2D eigenvalue weighted by molar-refractivity contribution is 9.10. The van der Waals surface area contributed by atoms with Gasteiger partial charge in [-0.05, 0) is 40.5 Å². The standard InChI is InChI=1S/C11H13BrFNO/c1-8-6-9(12)10(13)7-11(8)14-2-4-15-5-3-14/h6-7H,2-5H2,1H3. The smallest absolute Gasteiger partial charge is 0.139 e. The molecule has 0 unspecified atom stereocenters. The fourth-order valence-corrected chi connectivity index (χ4v) is 2.24. The van der Waals surface area contributed by atoms with Gasteiger partial charge in [-0.25, -0.2) is 4.39 Å². The number of rotatable bonds is 1. The molecule has 0 saturated carbocycles. The van der Waals surface area contributed by atoms with Gasteiger partial charge in [-0.15, -0.1) is 0 Å². The predicted molar refractivity (Wildman–Crippen MR) is 61.9 cm³/mol. The van der Waals surface area contributed by atoms with Crippen molar-refractivity contribution in [3.05, 3.63) is 28.0 Å². The van der Waals surface area contributed by atoms with Crippen LogP contribution in [0, 0.1) is 12.7 Å². The Balaban J connectivity index is 2.30. The lowest BCUT2D eigenvalue weighted by Crippen LogP contribution is -2.36. The average molecular weight is 274 g/mol. The molecule has 1 aromatic rings. The second-order valence-electron chi connectivity index (χ2n) is 3.65. The lowest BCUT2D eigenvalue weighted by Gasteiger charge is -2.30. The van der Waals surface area contributed by atoms with Crippen LogP contribution < -0.4 is 4.90 Å². The number of aryl methyl sites for hydroxylation is 1. The van der Waals surface area contributed by atoms with E-state index < -0.39 is 0 Å². The zero-order valence-corrected chi connectivity index (χ0v) is 10.2. The van der Waals surface area contributed by atoms with Crippen molar-refractivity contribution in [3.8, 4) is 0 Å². The maximum absolute atomic E-state index is 13.4. The van der Waals surface area contributed by atoms with Crippen LogP contribution in [0.3, 0.4) is 0 Å². The van der Waals surface area contributed by atoms with E-state index in [2.05, 4.69) is 20.8 Å². The number of halogens is 2. The number of ether oxygens (including phenoxy) is 1. The van der Waals surface area contributed by atoms with Crippen molar-refractivity contribution in [1.29, 1.82) is 0 Å². The lowest BCUT2D eigenvalue weighted by atomic mass is 10.1. The molecule has 1 aliphatic rings. The van der Waals surface area contributed by atoms with Gasteiger partial charge in [0.1, 0.15) is 5.82 Å². The first-order chi connectivity index (χ1) is 7.18. The Bertz CT molecular complexity index is 364. The minimum Gasteiger partial charge on any atom is -0.378 e. The van der Waals surface area contributed by atoms with Crippen molar-refractivity contribution in [1.82, 2.24) is 0 Å². The molecule has 0 N–H and O–H groups in total. The molecule has 0 aliphatic carbocycles. The highest BCUT2D eigenvalue weighted by Gasteiger charge is 2.15. The zero-order chi connectivity index (χ0) is 10.8. The van der Waals surface area contributed by atoms with Gasteiger partial charge in [-0.3, -0.25) is 0 Å². The van der Waals surface area contributed by atoms with Gasteiger partial charge >= 0.3 is 0 Å². The molecule has 0 bridgehead atoms. The van der Waals surface area contributed by atoms with Crippen molar-refractivity contribution in [2.75, 3.05) is 31.2 Å².